The number of alkyl halides is 2. The summed E-state index contributed by atoms with van der Waals surface area (Å²) in [5.74, 6) is -1.64. The van der Waals surface area contributed by atoms with Crippen molar-refractivity contribution < 1.29 is 22.3 Å². The summed E-state index contributed by atoms with van der Waals surface area (Å²) in [6.45, 7) is -0.864. The van der Waals surface area contributed by atoms with E-state index in [0.717, 1.165) is 29.0 Å². The predicted molar refractivity (Wildman–Crippen MR) is 142 cm³/mol. The summed E-state index contributed by atoms with van der Waals surface area (Å²) < 4.78 is 58.1. The largest absolute Gasteiger partial charge is 0.432 e. The van der Waals surface area contributed by atoms with Gasteiger partial charge in [-0.3, -0.25) is 0 Å². The first-order chi connectivity index (χ1) is 17.9. The Morgan fingerprint density at radius 3 is 2.27 bits per heavy atom. The van der Waals surface area contributed by atoms with Crippen molar-refractivity contribution in [2.24, 2.45) is 0 Å². The lowest BCUT2D eigenvalue weighted by molar-refractivity contribution is -0.0522. The third kappa shape index (κ3) is 7.12. The van der Waals surface area contributed by atoms with Gasteiger partial charge in [0.25, 0.3) is 0 Å². The standard InChI is InChI=1S/C32H32F4O/c1-2-3-4-5-6-8-22-9-7-10-25(19-22)26-16-17-28-27(21-26)15-14-24(31(28)34)13-11-23-12-18-30(29(33)20-23)37-32(35)36/h7,9-10,12,14-21,32H,2-6,8,11,13H2,1H3. The van der Waals surface area contributed by atoms with Crippen LogP contribution in [0.2, 0.25) is 0 Å². The topological polar surface area (TPSA) is 9.23 Å². The van der Waals surface area contributed by atoms with Crippen LogP contribution in [-0.2, 0) is 19.3 Å². The molecule has 4 aromatic carbocycles. The summed E-state index contributed by atoms with van der Waals surface area (Å²) in [5, 5.41) is 1.36. The van der Waals surface area contributed by atoms with Gasteiger partial charge in [-0.25, -0.2) is 8.78 Å². The minimum absolute atomic E-state index is 0.289. The Bertz CT molecular complexity index is 1330. The number of aryl methyl sites for hydroxylation is 3. The molecule has 0 saturated carbocycles. The molecule has 4 rings (SSSR count). The number of halogens is 4. The molecule has 0 amide bonds. The van der Waals surface area contributed by atoms with Crippen molar-refractivity contribution in [3.63, 3.8) is 0 Å². The van der Waals surface area contributed by atoms with E-state index < -0.39 is 18.2 Å². The molecule has 0 saturated heterocycles. The fourth-order valence-electron chi connectivity index (χ4n) is 4.72. The summed E-state index contributed by atoms with van der Waals surface area (Å²) in [7, 11) is 0. The van der Waals surface area contributed by atoms with E-state index in [1.54, 1.807) is 6.07 Å². The van der Waals surface area contributed by atoms with E-state index in [1.807, 2.05) is 24.3 Å². The first-order valence-corrected chi connectivity index (χ1v) is 13.0. The van der Waals surface area contributed by atoms with Crippen LogP contribution in [-0.4, -0.2) is 6.61 Å². The van der Waals surface area contributed by atoms with Gasteiger partial charge in [-0.2, -0.15) is 8.78 Å². The van der Waals surface area contributed by atoms with E-state index in [9.17, 15) is 13.2 Å². The van der Waals surface area contributed by atoms with Gasteiger partial charge in [-0.15, -0.1) is 0 Å². The summed E-state index contributed by atoms with van der Waals surface area (Å²) in [5.41, 5.74) is 4.60. The monoisotopic (exact) mass is 508 g/mol. The van der Waals surface area contributed by atoms with Crippen molar-refractivity contribution in [1.82, 2.24) is 0 Å². The Kier molecular flexibility index (Phi) is 9.21. The molecule has 0 atom stereocenters. The van der Waals surface area contributed by atoms with E-state index in [1.165, 1.54) is 49.8 Å². The van der Waals surface area contributed by atoms with Crippen LogP contribution in [0.4, 0.5) is 17.6 Å². The number of ether oxygens (including phenoxy) is 1. The average molecular weight is 509 g/mol. The number of unbranched alkanes of at least 4 members (excludes halogenated alkanes) is 4. The highest BCUT2D eigenvalue weighted by molar-refractivity contribution is 5.88. The third-order valence-corrected chi connectivity index (χ3v) is 6.76. The van der Waals surface area contributed by atoms with Gasteiger partial charge in [0, 0.05) is 5.39 Å². The molecule has 0 radical (unpaired) electrons. The van der Waals surface area contributed by atoms with Crippen molar-refractivity contribution in [1.29, 1.82) is 0 Å². The highest BCUT2D eigenvalue weighted by Gasteiger charge is 2.12. The Morgan fingerprint density at radius 2 is 1.49 bits per heavy atom. The van der Waals surface area contributed by atoms with Crippen LogP contribution >= 0.6 is 0 Å². The van der Waals surface area contributed by atoms with Crippen molar-refractivity contribution in [2.45, 2.75) is 64.9 Å². The molecule has 0 N–H and O–H groups in total. The smallest absolute Gasteiger partial charge is 0.387 e. The highest BCUT2D eigenvalue weighted by Crippen LogP contribution is 2.29. The van der Waals surface area contributed by atoms with Crippen LogP contribution in [0.25, 0.3) is 21.9 Å². The van der Waals surface area contributed by atoms with E-state index in [4.69, 9.17) is 0 Å². The Morgan fingerprint density at radius 1 is 0.703 bits per heavy atom. The molecule has 1 nitrogen and oxygen atoms in total. The summed E-state index contributed by atoms with van der Waals surface area (Å²) in [4.78, 5) is 0. The molecule has 0 heterocycles. The molecule has 37 heavy (non-hydrogen) atoms. The maximum absolute atomic E-state index is 15.3. The molecule has 0 fully saturated rings. The molecular formula is C32H32F4O. The molecule has 4 aromatic rings. The second kappa shape index (κ2) is 12.8. The van der Waals surface area contributed by atoms with Gasteiger partial charge >= 0.3 is 6.61 Å². The molecule has 0 unspecified atom stereocenters. The van der Waals surface area contributed by atoms with Gasteiger partial charge < -0.3 is 4.74 Å². The van der Waals surface area contributed by atoms with Crippen LogP contribution < -0.4 is 4.74 Å². The van der Waals surface area contributed by atoms with E-state index >= 15 is 4.39 Å². The lowest BCUT2D eigenvalue weighted by Crippen LogP contribution is -2.04. The zero-order chi connectivity index (χ0) is 26.2. The minimum Gasteiger partial charge on any atom is -0.432 e. The van der Waals surface area contributed by atoms with Crippen LogP contribution in [0.3, 0.4) is 0 Å². The van der Waals surface area contributed by atoms with Gasteiger partial charge in [-0.1, -0.05) is 87.2 Å². The molecule has 5 heteroatoms. The molecular weight excluding hydrogens is 476 g/mol. The molecule has 0 spiro atoms. The molecule has 0 bridgehead atoms. The quantitative estimate of drug-likeness (QED) is 0.137. The maximum Gasteiger partial charge on any atom is 0.387 e. The average Bonchev–Trinajstić information content (AvgIpc) is 2.89. The third-order valence-electron chi connectivity index (χ3n) is 6.76. The Hall–Kier alpha value is -3.34. The number of hydrogen-bond acceptors (Lipinski definition) is 1. The highest BCUT2D eigenvalue weighted by atomic mass is 19.3. The normalized spacial score (nSPS) is 11.4. The number of benzene rings is 4. The minimum atomic E-state index is -3.09. The summed E-state index contributed by atoms with van der Waals surface area (Å²) in [6.07, 6.45) is 8.06. The maximum atomic E-state index is 15.3. The number of rotatable bonds is 12. The second-order valence-electron chi connectivity index (χ2n) is 9.48. The predicted octanol–water partition coefficient (Wildman–Crippen LogP) is 9.68. The van der Waals surface area contributed by atoms with Gasteiger partial charge in [0.2, 0.25) is 0 Å². The van der Waals surface area contributed by atoms with Crippen molar-refractivity contribution in [3.8, 4) is 16.9 Å². The molecule has 194 valence electrons. The summed E-state index contributed by atoms with van der Waals surface area (Å²) >= 11 is 0. The lowest BCUT2D eigenvalue weighted by atomic mass is 9.96. The van der Waals surface area contributed by atoms with Gasteiger partial charge in [0.05, 0.1) is 0 Å². The molecule has 0 aliphatic rings. The van der Waals surface area contributed by atoms with Gasteiger partial charge in [0.1, 0.15) is 5.82 Å². The van der Waals surface area contributed by atoms with Gasteiger partial charge in [-0.05, 0) is 77.1 Å². The Labute approximate surface area is 216 Å². The fourth-order valence-corrected chi connectivity index (χ4v) is 4.72. The first kappa shape index (κ1) is 26.7. The zero-order valence-electron chi connectivity index (χ0n) is 21.1. The second-order valence-corrected chi connectivity index (χ2v) is 9.48. The van der Waals surface area contributed by atoms with Crippen LogP contribution in [0.1, 0.15) is 55.7 Å². The van der Waals surface area contributed by atoms with Crippen molar-refractivity contribution in [2.75, 3.05) is 0 Å². The van der Waals surface area contributed by atoms with E-state index in [2.05, 4.69) is 35.9 Å². The SMILES string of the molecule is CCCCCCCc1cccc(-c2ccc3c(F)c(CCc4ccc(OC(F)F)c(F)c4)ccc3c2)c1. The van der Waals surface area contributed by atoms with E-state index in [0.29, 0.717) is 29.4 Å². The molecule has 0 aromatic heterocycles. The van der Waals surface area contributed by atoms with Crippen molar-refractivity contribution >= 4 is 10.8 Å². The van der Waals surface area contributed by atoms with Crippen molar-refractivity contribution in [3.05, 3.63) is 101 Å². The first-order valence-electron chi connectivity index (χ1n) is 13.0. The van der Waals surface area contributed by atoms with Crippen LogP contribution in [0.5, 0.6) is 5.75 Å². The van der Waals surface area contributed by atoms with Crippen LogP contribution in [0.15, 0.2) is 72.8 Å². The van der Waals surface area contributed by atoms with E-state index in [-0.39, 0.29) is 5.82 Å². The molecule has 0 aliphatic carbocycles. The summed E-state index contributed by atoms with van der Waals surface area (Å²) in [6, 6.07) is 21.9. The number of hydrogen-bond donors (Lipinski definition) is 0. The fraction of sp³-hybridized carbons (Fsp3) is 0.312. The van der Waals surface area contributed by atoms with Crippen LogP contribution in [0, 0.1) is 11.6 Å². The Balaban J connectivity index is 1.45. The van der Waals surface area contributed by atoms with Gasteiger partial charge in [0.15, 0.2) is 11.6 Å². The number of fused-ring (bicyclic) bond motifs is 1. The lowest BCUT2D eigenvalue weighted by Gasteiger charge is -2.11. The molecule has 0 aliphatic heterocycles. The zero-order valence-corrected chi connectivity index (χ0v) is 21.1.